The highest BCUT2D eigenvalue weighted by Crippen LogP contribution is 2.33. The summed E-state index contributed by atoms with van der Waals surface area (Å²) in [5.74, 6) is 0.183. The zero-order chi connectivity index (χ0) is 22.1. The van der Waals surface area contributed by atoms with E-state index in [2.05, 4.69) is 41.2 Å². The third-order valence-corrected chi connectivity index (χ3v) is 6.88. The number of thioether (sulfide) groups is 1. The summed E-state index contributed by atoms with van der Waals surface area (Å²) in [5.41, 5.74) is 4.01. The van der Waals surface area contributed by atoms with Gasteiger partial charge in [-0.05, 0) is 55.3 Å². The van der Waals surface area contributed by atoms with Crippen LogP contribution in [-0.4, -0.2) is 47.6 Å². The first kappa shape index (κ1) is 21.5. The molecule has 2 aliphatic heterocycles. The van der Waals surface area contributed by atoms with Crippen molar-refractivity contribution in [3.05, 3.63) is 52.5 Å². The summed E-state index contributed by atoms with van der Waals surface area (Å²) in [7, 11) is 1.53. The van der Waals surface area contributed by atoms with E-state index in [9.17, 15) is 9.59 Å². The normalized spacial score (nSPS) is 18.0. The summed E-state index contributed by atoms with van der Waals surface area (Å²) < 4.78 is 5.12. The Bertz CT molecular complexity index is 1070. The van der Waals surface area contributed by atoms with Crippen molar-refractivity contribution in [2.75, 3.05) is 30.7 Å². The van der Waals surface area contributed by atoms with Crippen LogP contribution in [0.15, 0.2) is 41.4 Å². The standard InChI is InChI=1S/C22H23ClN4O3S/c1-13-4-6-16(8-14(13)2)26-11-24-22-27(12-26)21(29)19(31-22)10-20(28)25-15-5-7-18(30-3)17(23)9-15/h4-9,19H,10-12H2,1-3H3,(H,25,28)/t19-/m0/s1. The highest BCUT2D eigenvalue weighted by atomic mass is 35.5. The van der Waals surface area contributed by atoms with Crippen LogP contribution in [0.3, 0.4) is 0 Å². The molecule has 2 heterocycles. The lowest BCUT2D eigenvalue weighted by atomic mass is 10.1. The monoisotopic (exact) mass is 458 g/mol. The summed E-state index contributed by atoms with van der Waals surface area (Å²) in [6.45, 7) is 5.05. The average Bonchev–Trinajstić information content (AvgIpc) is 3.05. The van der Waals surface area contributed by atoms with Gasteiger partial charge in [0.15, 0.2) is 5.17 Å². The number of amides is 2. The molecule has 2 aliphatic rings. The molecule has 0 radical (unpaired) electrons. The van der Waals surface area contributed by atoms with Crippen molar-refractivity contribution >= 4 is 51.7 Å². The summed E-state index contributed by atoms with van der Waals surface area (Å²) in [5, 5.41) is 3.39. The van der Waals surface area contributed by atoms with Crippen molar-refractivity contribution in [1.29, 1.82) is 0 Å². The third-order valence-electron chi connectivity index (χ3n) is 5.37. The molecule has 2 aromatic carbocycles. The van der Waals surface area contributed by atoms with Crippen LogP contribution in [0.1, 0.15) is 17.5 Å². The average molecular weight is 459 g/mol. The largest absolute Gasteiger partial charge is 0.495 e. The van der Waals surface area contributed by atoms with Crippen molar-refractivity contribution in [2.24, 2.45) is 4.99 Å². The van der Waals surface area contributed by atoms with Crippen molar-refractivity contribution in [2.45, 2.75) is 25.5 Å². The predicted octanol–water partition coefficient (Wildman–Crippen LogP) is 4.03. The minimum absolute atomic E-state index is 0.0618. The molecule has 9 heteroatoms. The number of halogens is 1. The van der Waals surface area contributed by atoms with E-state index in [1.165, 1.54) is 30.0 Å². The molecule has 0 saturated carbocycles. The van der Waals surface area contributed by atoms with Crippen molar-refractivity contribution in [3.63, 3.8) is 0 Å². The van der Waals surface area contributed by atoms with Crippen LogP contribution in [0, 0.1) is 13.8 Å². The van der Waals surface area contributed by atoms with Gasteiger partial charge in [-0.15, -0.1) is 0 Å². The molecule has 1 fully saturated rings. The van der Waals surface area contributed by atoms with E-state index in [1.807, 2.05) is 6.07 Å². The van der Waals surface area contributed by atoms with Crippen molar-refractivity contribution < 1.29 is 14.3 Å². The number of nitrogens with one attached hydrogen (secondary N) is 1. The highest BCUT2D eigenvalue weighted by molar-refractivity contribution is 8.15. The van der Waals surface area contributed by atoms with E-state index in [0.29, 0.717) is 35.0 Å². The van der Waals surface area contributed by atoms with E-state index in [-0.39, 0.29) is 18.2 Å². The van der Waals surface area contributed by atoms with Crippen LogP contribution in [0.25, 0.3) is 0 Å². The maximum Gasteiger partial charge on any atom is 0.244 e. The number of ether oxygens (including phenoxy) is 1. The number of carbonyl (C=O) groups is 2. The lowest BCUT2D eigenvalue weighted by Gasteiger charge is -2.32. The van der Waals surface area contributed by atoms with E-state index in [4.69, 9.17) is 16.3 Å². The van der Waals surface area contributed by atoms with Gasteiger partial charge >= 0.3 is 0 Å². The maximum absolute atomic E-state index is 12.9. The summed E-state index contributed by atoms with van der Waals surface area (Å²) in [4.78, 5) is 33.7. The zero-order valence-electron chi connectivity index (χ0n) is 17.5. The Hall–Kier alpha value is -2.71. The number of fused-ring (bicyclic) bond motifs is 1. The number of aryl methyl sites for hydroxylation is 2. The van der Waals surface area contributed by atoms with Crippen molar-refractivity contribution in [3.8, 4) is 5.75 Å². The Morgan fingerprint density at radius 1 is 1.26 bits per heavy atom. The first-order chi connectivity index (χ1) is 14.9. The number of benzene rings is 2. The second-order valence-corrected chi connectivity index (χ2v) is 9.08. The zero-order valence-corrected chi connectivity index (χ0v) is 19.1. The number of hydrogen-bond acceptors (Lipinski definition) is 6. The molecule has 0 aliphatic carbocycles. The lowest BCUT2D eigenvalue weighted by molar-refractivity contribution is -0.128. The minimum atomic E-state index is -0.493. The minimum Gasteiger partial charge on any atom is -0.495 e. The second-order valence-electron chi connectivity index (χ2n) is 7.51. The fourth-order valence-electron chi connectivity index (χ4n) is 3.46. The van der Waals surface area contributed by atoms with Gasteiger partial charge in [-0.1, -0.05) is 29.4 Å². The number of hydrogen-bond donors (Lipinski definition) is 1. The topological polar surface area (TPSA) is 74.2 Å². The number of aliphatic imine (C=N–C) groups is 1. The molecule has 0 unspecified atom stereocenters. The molecule has 2 amide bonds. The fraction of sp³-hybridized carbons (Fsp3) is 0.318. The quantitative estimate of drug-likeness (QED) is 0.732. The Labute approximate surface area is 190 Å². The number of nitrogens with zero attached hydrogens (tertiary/aromatic N) is 3. The van der Waals surface area contributed by atoms with Crippen LogP contribution in [0.4, 0.5) is 11.4 Å². The molecule has 1 saturated heterocycles. The summed E-state index contributed by atoms with van der Waals surface area (Å²) in [6.07, 6.45) is 0.0618. The number of carbonyl (C=O) groups excluding carboxylic acids is 2. The maximum atomic E-state index is 12.9. The molecule has 31 heavy (non-hydrogen) atoms. The van der Waals surface area contributed by atoms with Crippen LogP contribution in [-0.2, 0) is 9.59 Å². The number of anilines is 2. The van der Waals surface area contributed by atoms with Gasteiger partial charge in [0, 0.05) is 17.8 Å². The number of rotatable bonds is 5. The molecule has 0 spiro atoms. The predicted molar refractivity (Wildman–Crippen MR) is 125 cm³/mol. The van der Waals surface area contributed by atoms with Gasteiger partial charge in [0.05, 0.1) is 12.1 Å². The van der Waals surface area contributed by atoms with Crippen LogP contribution < -0.4 is 15.0 Å². The number of methoxy groups -OCH3 is 1. The van der Waals surface area contributed by atoms with Crippen molar-refractivity contribution in [1.82, 2.24) is 4.90 Å². The molecule has 2 aromatic rings. The lowest BCUT2D eigenvalue weighted by Crippen LogP contribution is -2.46. The third kappa shape index (κ3) is 4.50. The highest BCUT2D eigenvalue weighted by Gasteiger charge is 2.41. The van der Waals surface area contributed by atoms with Gasteiger partial charge < -0.3 is 15.0 Å². The number of amidine groups is 1. The van der Waals surface area contributed by atoms with Crippen LogP contribution in [0.2, 0.25) is 5.02 Å². The van der Waals surface area contributed by atoms with E-state index >= 15 is 0 Å². The van der Waals surface area contributed by atoms with Gasteiger partial charge in [-0.2, -0.15) is 0 Å². The first-order valence-electron chi connectivity index (χ1n) is 9.84. The first-order valence-corrected chi connectivity index (χ1v) is 11.1. The van der Waals surface area contributed by atoms with Gasteiger partial charge in [-0.25, -0.2) is 4.99 Å². The molecule has 162 valence electrons. The Morgan fingerprint density at radius 2 is 2.06 bits per heavy atom. The molecule has 0 aromatic heterocycles. The van der Waals surface area contributed by atoms with E-state index in [0.717, 1.165) is 5.69 Å². The molecule has 1 N–H and O–H groups in total. The smallest absolute Gasteiger partial charge is 0.244 e. The van der Waals surface area contributed by atoms with Crippen LogP contribution in [0.5, 0.6) is 5.75 Å². The SMILES string of the molecule is COc1ccc(NC(=O)C[C@@H]2SC3=NCN(c4ccc(C)c(C)c4)CN3C2=O)cc1Cl. The molecular formula is C22H23ClN4O3S. The van der Waals surface area contributed by atoms with Gasteiger partial charge in [0.2, 0.25) is 11.8 Å². The molecule has 0 bridgehead atoms. The van der Waals surface area contributed by atoms with Gasteiger partial charge in [-0.3, -0.25) is 14.5 Å². The van der Waals surface area contributed by atoms with E-state index in [1.54, 1.807) is 23.1 Å². The Morgan fingerprint density at radius 3 is 2.77 bits per heavy atom. The van der Waals surface area contributed by atoms with Crippen LogP contribution >= 0.6 is 23.4 Å². The fourth-order valence-corrected chi connectivity index (χ4v) is 4.84. The van der Waals surface area contributed by atoms with E-state index < -0.39 is 5.25 Å². The molecule has 7 nitrogen and oxygen atoms in total. The Balaban J connectivity index is 1.39. The molecule has 1 atom stereocenters. The summed E-state index contributed by atoms with van der Waals surface area (Å²) >= 11 is 7.46. The summed E-state index contributed by atoms with van der Waals surface area (Å²) in [6, 6.07) is 11.2. The Kier molecular flexibility index (Phi) is 6.11. The molecular weight excluding hydrogens is 436 g/mol. The second kappa shape index (κ2) is 8.80. The van der Waals surface area contributed by atoms with Gasteiger partial charge in [0.25, 0.3) is 0 Å². The molecule has 4 rings (SSSR count). The van der Waals surface area contributed by atoms with Gasteiger partial charge in [0.1, 0.15) is 24.3 Å².